The Morgan fingerprint density at radius 2 is 1.80 bits per heavy atom. The first-order valence-corrected chi connectivity index (χ1v) is 10.4. The van der Waals surface area contributed by atoms with Gasteiger partial charge in [-0.3, -0.25) is 10.2 Å². The maximum Gasteiger partial charge on any atom is 0.573 e. The molecule has 1 aromatic carbocycles. The fraction of sp³-hybridized carbons (Fsp3) is 0.500. The lowest BCUT2D eigenvalue weighted by Gasteiger charge is -2.26. The lowest BCUT2D eigenvalue weighted by Crippen LogP contribution is -2.45. The van der Waals surface area contributed by atoms with Crippen LogP contribution in [0.2, 0.25) is 0 Å². The van der Waals surface area contributed by atoms with Gasteiger partial charge in [0.1, 0.15) is 5.75 Å². The van der Waals surface area contributed by atoms with E-state index in [1.54, 1.807) is 12.1 Å². The van der Waals surface area contributed by atoms with Crippen molar-refractivity contribution >= 4 is 5.91 Å². The van der Waals surface area contributed by atoms with Crippen molar-refractivity contribution in [3.8, 4) is 17.0 Å². The number of hydrogen-bond acceptors (Lipinski definition) is 3. The summed E-state index contributed by atoms with van der Waals surface area (Å²) in [4.78, 5) is 12.9. The van der Waals surface area contributed by atoms with Crippen molar-refractivity contribution in [2.75, 3.05) is 13.1 Å². The number of amides is 1. The average Bonchev–Trinajstić information content (AvgIpc) is 3.46. The number of halogens is 3. The Bertz CT molecular complexity index is 896. The molecule has 1 saturated heterocycles. The lowest BCUT2D eigenvalue weighted by molar-refractivity contribution is -0.274. The normalized spacial score (nSPS) is 17.7. The number of hydrogen-bond donors (Lipinski definition) is 1. The van der Waals surface area contributed by atoms with Crippen LogP contribution in [0.3, 0.4) is 0 Å². The summed E-state index contributed by atoms with van der Waals surface area (Å²) in [5, 5.41) is 1.96. The third kappa shape index (κ3) is 4.98. The first-order chi connectivity index (χ1) is 14.3. The molecule has 2 fully saturated rings. The molecule has 1 aromatic heterocycles. The summed E-state index contributed by atoms with van der Waals surface area (Å²) in [6.45, 7) is 4.43. The van der Waals surface area contributed by atoms with Crippen molar-refractivity contribution in [2.45, 2.75) is 51.9 Å². The number of hydrazine groups is 1. The van der Waals surface area contributed by atoms with Crippen molar-refractivity contribution in [3.63, 3.8) is 0 Å². The number of piperidine rings is 1. The molecule has 0 atom stereocenters. The number of alkyl halides is 3. The number of rotatable bonds is 6. The quantitative estimate of drug-likeness (QED) is 0.722. The predicted octanol–water partition coefficient (Wildman–Crippen LogP) is 4.90. The van der Waals surface area contributed by atoms with Crippen molar-refractivity contribution in [3.05, 3.63) is 41.6 Å². The summed E-state index contributed by atoms with van der Waals surface area (Å²) < 4.78 is 43.4. The van der Waals surface area contributed by atoms with Gasteiger partial charge in [0.25, 0.3) is 5.91 Å². The molecule has 162 valence electrons. The van der Waals surface area contributed by atoms with Gasteiger partial charge < -0.3 is 9.30 Å². The van der Waals surface area contributed by atoms with Crippen LogP contribution in [0.4, 0.5) is 13.2 Å². The Hall–Kier alpha value is -2.48. The predicted molar refractivity (Wildman–Crippen MR) is 107 cm³/mol. The van der Waals surface area contributed by atoms with E-state index in [0.29, 0.717) is 11.5 Å². The maximum absolute atomic E-state index is 12.9. The molecule has 0 spiro atoms. The van der Waals surface area contributed by atoms with E-state index in [9.17, 15) is 18.0 Å². The summed E-state index contributed by atoms with van der Waals surface area (Å²) >= 11 is 0. The molecular formula is C22H26F3N3O2. The molecule has 2 aromatic rings. The molecule has 1 aliphatic heterocycles. The second-order valence-corrected chi connectivity index (χ2v) is 8.14. The van der Waals surface area contributed by atoms with Gasteiger partial charge in [-0.2, -0.15) is 0 Å². The van der Waals surface area contributed by atoms with E-state index in [0.717, 1.165) is 62.3 Å². The van der Waals surface area contributed by atoms with Gasteiger partial charge in [0.2, 0.25) is 0 Å². The minimum absolute atomic E-state index is 0.137. The van der Waals surface area contributed by atoms with E-state index in [1.165, 1.54) is 18.6 Å². The molecule has 30 heavy (non-hydrogen) atoms. The van der Waals surface area contributed by atoms with Crippen LogP contribution in [0.1, 0.15) is 48.2 Å². The van der Waals surface area contributed by atoms with Crippen LogP contribution in [0, 0.1) is 12.8 Å². The van der Waals surface area contributed by atoms with Crippen LogP contribution in [-0.2, 0) is 6.54 Å². The Morgan fingerprint density at radius 1 is 1.13 bits per heavy atom. The number of ether oxygens (including phenoxy) is 1. The van der Waals surface area contributed by atoms with Crippen molar-refractivity contribution in [2.24, 2.45) is 5.92 Å². The number of carbonyl (C=O) groups excluding carboxylic acids is 1. The molecule has 8 heteroatoms. The highest BCUT2D eigenvalue weighted by atomic mass is 19.4. The SMILES string of the molecule is Cc1c(C(=O)NN2CCCCC2)cc(-c2ccc(OC(F)(F)F)cc2)n1CC1CC1. The number of nitrogens with one attached hydrogen (secondary N) is 1. The summed E-state index contributed by atoms with van der Waals surface area (Å²) in [5.74, 6) is 0.189. The van der Waals surface area contributed by atoms with Gasteiger partial charge in [-0.1, -0.05) is 6.42 Å². The maximum atomic E-state index is 12.9. The van der Waals surface area contributed by atoms with E-state index >= 15 is 0 Å². The van der Waals surface area contributed by atoms with Gasteiger partial charge in [0.15, 0.2) is 0 Å². The third-order valence-electron chi connectivity index (χ3n) is 5.75. The number of carbonyl (C=O) groups is 1. The third-order valence-corrected chi connectivity index (χ3v) is 5.75. The van der Waals surface area contributed by atoms with Gasteiger partial charge in [0, 0.05) is 31.0 Å². The fourth-order valence-electron chi connectivity index (χ4n) is 3.94. The molecule has 0 radical (unpaired) electrons. The smallest absolute Gasteiger partial charge is 0.406 e. The van der Waals surface area contributed by atoms with Crippen LogP contribution < -0.4 is 10.2 Å². The van der Waals surface area contributed by atoms with Crippen LogP contribution >= 0.6 is 0 Å². The molecule has 0 unspecified atom stereocenters. The van der Waals surface area contributed by atoms with Gasteiger partial charge in [-0.05, 0) is 74.4 Å². The summed E-state index contributed by atoms with van der Waals surface area (Å²) in [6.07, 6.45) is 0.917. The summed E-state index contributed by atoms with van der Waals surface area (Å²) in [7, 11) is 0. The Kier molecular flexibility index (Phi) is 5.77. The molecule has 1 N–H and O–H groups in total. The monoisotopic (exact) mass is 421 g/mol. The largest absolute Gasteiger partial charge is 0.573 e. The fourth-order valence-corrected chi connectivity index (χ4v) is 3.94. The molecule has 1 aliphatic carbocycles. The highest BCUT2D eigenvalue weighted by Gasteiger charge is 2.31. The molecule has 4 rings (SSSR count). The lowest BCUT2D eigenvalue weighted by atomic mass is 10.1. The van der Waals surface area contributed by atoms with Crippen LogP contribution in [-0.4, -0.2) is 34.9 Å². The molecule has 1 amide bonds. The minimum Gasteiger partial charge on any atom is -0.406 e. The van der Waals surface area contributed by atoms with Gasteiger partial charge in [-0.25, -0.2) is 5.01 Å². The average molecular weight is 421 g/mol. The topological polar surface area (TPSA) is 46.5 Å². The van der Waals surface area contributed by atoms with E-state index in [2.05, 4.69) is 14.7 Å². The van der Waals surface area contributed by atoms with Crippen LogP contribution in [0.15, 0.2) is 30.3 Å². The van der Waals surface area contributed by atoms with Gasteiger partial charge >= 0.3 is 6.36 Å². The standard InChI is InChI=1S/C22H26F3N3O2/c1-15-19(21(29)26-27-11-3-2-4-12-27)13-20(28(15)14-16-5-6-16)17-7-9-18(10-8-17)30-22(23,24)25/h7-10,13,16H,2-6,11-12,14H2,1H3,(H,26,29). The molecule has 5 nitrogen and oxygen atoms in total. The second kappa shape index (κ2) is 8.34. The van der Waals surface area contributed by atoms with Crippen LogP contribution in [0.25, 0.3) is 11.3 Å². The van der Waals surface area contributed by atoms with Crippen molar-refractivity contribution in [1.82, 2.24) is 15.0 Å². The van der Waals surface area contributed by atoms with E-state index in [1.807, 2.05) is 18.0 Å². The van der Waals surface area contributed by atoms with Crippen molar-refractivity contribution in [1.29, 1.82) is 0 Å². The van der Waals surface area contributed by atoms with Gasteiger partial charge in [0.05, 0.1) is 5.56 Å². The Labute approximate surface area is 173 Å². The first-order valence-electron chi connectivity index (χ1n) is 10.4. The number of benzene rings is 1. The zero-order valence-corrected chi connectivity index (χ0v) is 17.0. The van der Waals surface area contributed by atoms with E-state index in [4.69, 9.17) is 0 Å². The molecular weight excluding hydrogens is 395 g/mol. The van der Waals surface area contributed by atoms with Crippen LogP contribution in [0.5, 0.6) is 5.75 Å². The molecule has 2 heterocycles. The second-order valence-electron chi connectivity index (χ2n) is 8.14. The summed E-state index contributed by atoms with van der Waals surface area (Å²) in [5.41, 5.74) is 6.08. The Morgan fingerprint density at radius 3 is 2.40 bits per heavy atom. The zero-order chi connectivity index (χ0) is 21.3. The van der Waals surface area contributed by atoms with E-state index < -0.39 is 6.36 Å². The summed E-state index contributed by atoms with van der Waals surface area (Å²) in [6, 6.07) is 7.66. The number of aromatic nitrogens is 1. The molecule has 2 aliphatic rings. The molecule has 0 bridgehead atoms. The number of nitrogens with zero attached hydrogens (tertiary/aromatic N) is 2. The van der Waals surface area contributed by atoms with Gasteiger partial charge in [-0.15, -0.1) is 13.2 Å². The van der Waals surface area contributed by atoms with E-state index in [-0.39, 0.29) is 11.7 Å². The first kappa shape index (κ1) is 20.8. The molecule has 1 saturated carbocycles. The zero-order valence-electron chi connectivity index (χ0n) is 17.0. The Balaban J connectivity index is 1.60. The minimum atomic E-state index is -4.72. The van der Waals surface area contributed by atoms with Crippen molar-refractivity contribution < 1.29 is 22.7 Å². The highest BCUT2D eigenvalue weighted by molar-refractivity contribution is 5.96. The highest BCUT2D eigenvalue weighted by Crippen LogP contribution is 2.35.